The Morgan fingerprint density at radius 2 is 2.47 bits per heavy atom. The van der Waals surface area contributed by atoms with E-state index in [0.29, 0.717) is 12.6 Å². The summed E-state index contributed by atoms with van der Waals surface area (Å²) in [5.41, 5.74) is 0. The van der Waals surface area contributed by atoms with Gasteiger partial charge in [0.15, 0.2) is 0 Å². The summed E-state index contributed by atoms with van der Waals surface area (Å²) in [6, 6.07) is 0.656. The van der Waals surface area contributed by atoms with Crippen LogP contribution in [0.5, 0.6) is 0 Å². The maximum atomic E-state index is 10.7. The number of ether oxygens (including phenoxy) is 1. The summed E-state index contributed by atoms with van der Waals surface area (Å²) in [5, 5.41) is 8.84. The second-order valence-corrected chi connectivity index (χ2v) is 5.23. The highest BCUT2D eigenvalue weighted by Gasteiger charge is 2.32. The topological polar surface area (TPSA) is 49.8 Å². The number of hydrogen-bond donors (Lipinski definition) is 1. The van der Waals surface area contributed by atoms with Gasteiger partial charge in [-0.05, 0) is 12.2 Å². The number of thioether (sulfide) groups is 1. The molecule has 2 unspecified atom stereocenters. The molecule has 2 atom stereocenters. The van der Waals surface area contributed by atoms with Crippen molar-refractivity contribution in [2.24, 2.45) is 0 Å². The first-order valence-corrected chi connectivity index (χ1v) is 6.56. The van der Waals surface area contributed by atoms with E-state index in [-0.39, 0.29) is 12.5 Å². The molecular formula is C10H17NO3S. The van der Waals surface area contributed by atoms with E-state index in [1.165, 1.54) is 12.2 Å². The molecule has 2 aliphatic heterocycles. The molecule has 0 aromatic heterocycles. The van der Waals surface area contributed by atoms with Gasteiger partial charge in [-0.2, -0.15) is 11.8 Å². The predicted octanol–water partition coefficient (Wildman–Crippen LogP) is 0.667. The Labute approximate surface area is 94.0 Å². The minimum absolute atomic E-state index is 0.0833. The third-order valence-corrected chi connectivity index (χ3v) is 4.20. The lowest BCUT2D eigenvalue weighted by Crippen LogP contribution is -2.51. The second kappa shape index (κ2) is 5.18. The van der Waals surface area contributed by atoms with Gasteiger partial charge in [0, 0.05) is 24.4 Å². The first-order chi connectivity index (χ1) is 7.27. The van der Waals surface area contributed by atoms with Crippen LogP contribution in [0, 0.1) is 0 Å². The maximum absolute atomic E-state index is 10.7. The molecule has 0 saturated carbocycles. The fourth-order valence-corrected chi connectivity index (χ4v) is 3.55. The SMILES string of the molecule is O=C(O)CC1COCCN1C1CCSC1. The minimum atomic E-state index is -0.721. The summed E-state index contributed by atoms with van der Waals surface area (Å²) < 4.78 is 5.36. The molecule has 1 N–H and O–H groups in total. The van der Waals surface area contributed by atoms with Crippen LogP contribution in [-0.2, 0) is 9.53 Å². The van der Waals surface area contributed by atoms with Gasteiger partial charge in [-0.1, -0.05) is 0 Å². The maximum Gasteiger partial charge on any atom is 0.305 e. The van der Waals surface area contributed by atoms with Gasteiger partial charge in [-0.3, -0.25) is 9.69 Å². The Morgan fingerprint density at radius 3 is 3.13 bits per heavy atom. The summed E-state index contributed by atoms with van der Waals surface area (Å²) in [6.07, 6.45) is 1.40. The van der Waals surface area contributed by atoms with Gasteiger partial charge in [-0.25, -0.2) is 0 Å². The zero-order chi connectivity index (χ0) is 10.7. The van der Waals surface area contributed by atoms with Crippen molar-refractivity contribution in [3.05, 3.63) is 0 Å². The van der Waals surface area contributed by atoms with Crippen LogP contribution in [0.4, 0.5) is 0 Å². The molecule has 2 saturated heterocycles. The average molecular weight is 231 g/mol. The Balaban J connectivity index is 1.95. The van der Waals surface area contributed by atoms with Crippen molar-refractivity contribution in [2.45, 2.75) is 24.9 Å². The van der Waals surface area contributed by atoms with Crippen LogP contribution in [0.25, 0.3) is 0 Å². The molecule has 0 amide bonds. The quantitative estimate of drug-likeness (QED) is 0.773. The van der Waals surface area contributed by atoms with E-state index in [4.69, 9.17) is 9.84 Å². The van der Waals surface area contributed by atoms with Gasteiger partial charge in [0.1, 0.15) is 0 Å². The standard InChI is InChI=1S/C10H17NO3S/c12-10(13)5-9-6-14-3-2-11(9)8-1-4-15-7-8/h8-9H,1-7H2,(H,12,13). The van der Waals surface area contributed by atoms with Crippen LogP contribution in [0.1, 0.15) is 12.8 Å². The third kappa shape index (κ3) is 2.86. The zero-order valence-corrected chi connectivity index (χ0v) is 9.54. The molecule has 0 radical (unpaired) electrons. The molecule has 2 aliphatic rings. The van der Waals surface area contributed by atoms with Gasteiger partial charge >= 0.3 is 5.97 Å². The van der Waals surface area contributed by atoms with Crippen molar-refractivity contribution in [1.82, 2.24) is 4.90 Å². The van der Waals surface area contributed by atoms with E-state index in [1.807, 2.05) is 11.8 Å². The fraction of sp³-hybridized carbons (Fsp3) is 0.900. The summed E-state index contributed by atoms with van der Waals surface area (Å²) in [5.74, 6) is 1.64. The number of nitrogens with zero attached hydrogens (tertiary/aromatic N) is 1. The van der Waals surface area contributed by atoms with E-state index in [1.54, 1.807) is 0 Å². The van der Waals surface area contributed by atoms with Gasteiger partial charge in [0.25, 0.3) is 0 Å². The Kier molecular flexibility index (Phi) is 3.88. The first-order valence-electron chi connectivity index (χ1n) is 5.40. The lowest BCUT2D eigenvalue weighted by molar-refractivity contribution is -0.140. The molecule has 86 valence electrons. The highest BCUT2D eigenvalue weighted by Crippen LogP contribution is 2.26. The molecule has 2 fully saturated rings. The lowest BCUT2D eigenvalue weighted by atomic mass is 10.1. The van der Waals surface area contributed by atoms with Crippen molar-refractivity contribution in [2.75, 3.05) is 31.3 Å². The largest absolute Gasteiger partial charge is 0.481 e. The third-order valence-electron chi connectivity index (χ3n) is 3.06. The van der Waals surface area contributed by atoms with Gasteiger partial charge < -0.3 is 9.84 Å². The average Bonchev–Trinajstić information content (AvgIpc) is 2.70. The van der Waals surface area contributed by atoms with Crippen molar-refractivity contribution in [3.63, 3.8) is 0 Å². The van der Waals surface area contributed by atoms with E-state index < -0.39 is 5.97 Å². The number of hydrogen-bond acceptors (Lipinski definition) is 4. The van der Waals surface area contributed by atoms with E-state index in [0.717, 1.165) is 18.9 Å². The Morgan fingerprint density at radius 1 is 1.60 bits per heavy atom. The molecule has 4 nitrogen and oxygen atoms in total. The highest BCUT2D eigenvalue weighted by atomic mass is 32.2. The van der Waals surface area contributed by atoms with Crippen LogP contribution < -0.4 is 0 Å². The second-order valence-electron chi connectivity index (χ2n) is 4.08. The molecule has 5 heteroatoms. The van der Waals surface area contributed by atoms with Gasteiger partial charge in [0.05, 0.1) is 19.6 Å². The molecule has 0 aromatic carbocycles. The highest BCUT2D eigenvalue weighted by molar-refractivity contribution is 7.99. The van der Waals surface area contributed by atoms with Crippen LogP contribution in [0.15, 0.2) is 0 Å². The molecule has 2 heterocycles. The van der Waals surface area contributed by atoms with Crippen molar-refractivity contribution in [3.8, 4) is 0 Å². The summed E-state index contributed by atoms with van der Waals surface area (Å²) in [6.45, 7) is 2.22. The van der Waals surface area contributed by atoms with Gasteiger partial charge in [-0.15, -0.1) is 0 Å². The molecular weight excluding hydrogens is 214 g/mol. The van der Waals surface area contributed by atoms with Crippen LogP contribution in [-0.4, -0.2) is 59.3 Å². The number of carboxylic acid groups (broad SMARTS) is 1. The monoisotopic (exact) mass is 231 g/mol. The van der Waals surface area contributed by atoms with E-state index in [9.17, 15) is 4.79 Å². The molecule has 2 rings (SSSR count). The van der Waals surface area contributed by atoms with Crippen molar-refractivity contribution >= 4 is 17.7 Å². The Hall–Kier alpha value is -0.260. The van der Waals surface area contributed by atoms with Crippen LogP contribution in [0.2, 0.25) is 0 Å². The van der Waals surface area contributed by atoms with Gasteiger partial charge in [0.2, 0.25) is 0 Å². The van der Waals surface area contributed by atoms with E-state index in [2.05, 4.69) is 4.90 Å². The number of morpholine rings is 1. The van der Waals surface area contributed by atoms with Crippen molar-refractivity contribution in [1.29, 1.82) is 0 Å². The van der Waals surface area contributed by atoms with E-state index >= 15 is 0 Å². The molecule has 0 aliphatic carbocycles. The number of carbonyl (C=O) groups is 1. The summed E-state index contributed by atoms with van der Waals surface area (Å²) >= 11 is 1.97. The zero-order valence-electron chi connectivity index (χ0n) is 8.72. The van der Waals surface area contributed by atoms with Crippen LogP contribution in [0.3, 0.4) is 0 Å². The normalized spacial score (nSPS) is 33.1. The molecule has 0 bridgehead atoms. The molecule has 0 spiro atoms. The number of rotatable bonds is 3. The fourth-order valence-electron chi connectivity index (χ4n) is 2.31. The minimum Gasteiger partial charge on any atom is -0.481 e. The molecule has 15 heavy (non-hydrogen) atoms. The summed E-state index contributed by atoms with van der Waals surface area (Å²) in [4.78, 5) is 13.1. The predicted molar refractivity (Wildman–Crippen MR) is 59.3 cm³/mol. The number of aliphatic carboxylic acids is 1. The summed E-state index contributed by atoms with van der Waals surface area (Å²) in [7, 11) is 0. The number of carboxylic acids is 1. The Bertz CT molecular complexity index is 231. The molecule has 0 aromatic rings. The van der Waals surface area contributed by atoms with Crippen LogP contribution >= 0.6 is 11.8 Å². The lowest BCUT2D eigenvalue weighted by Gasteiger charge is -2.38. The smallest absolute Gasteiger partial charge is 0.305 e. The van der Waals surface area contributed by atoms with Crippen molar-refractivity contribution < 1.29 is 14.6 Å². The first kappa shape index (κ1) is 11.2.